The van der Waals surface area contributed by atoms with E-state index in [0.29, 0.717) is 32.7 Å². The van der Waals surface area contributed by atoms with E-state index in [1.807, 2.05) is 62.3 Å². The molecular formula is C38H54N4O6. The first-order chi connectivity index (χ1) is 22.4. The van der Waals surface area contributed by atoms with E-state index in [-0.39, 0.29) is 26.2 Å². The van der Waals surface area contributed by atoms with Crippen LogP contribution in [-0.2, 0) is 20.8 Å². The van der Waals surface area contributed by atoms with Gasteiger partial charge in [-0.05, 0) is 95.5 Å². The summed E-state index contributed by atoms with van der Waals surface area (Å²) in [5.74, 6) is 0. The first kappa shape index (κ1) is 36.8. The number of fused-ring (bicyclic) bond motifs is 2. The first-order valence-corrected chi connectivity index (χ1v) is 16.9. The van der Waals surface area contributed by atoms with Crippen molar-refractivity contribution in [3.05, 3.63) is 60.2 Å². The highest BCUT2D eigenvalue weighted by Crippen LogP contribution is 2.30. The van der Waals surface area contributed by atoms with Crippen molar-refractivity contribution >= 4 is 39.8 Å². The van der Waals surface area contributed by atoms with Gasteiger partial charge < -0.3 is 28.9 Å². The van der Waals surface area contributed by atoms with Gasteiger partial charge in [0.05, 0.1) is 0 Å². The summed E-state index contributed by atoms with van der Waals surface area (Å²) >= 11 is 0. The molecule has 0 N–H and O–H groups in total. The number of amides is 3. The number of hydrogen-bond donors (Lipinski definition) is 0. The quantitative estimate of drug-likeness (QED) is 0.207. The lowest BCUT2D eigenvalue weighted by Gasteiger charge is -2.36. The van der Waals surface area contributed by atoms with Crippen LogP contribution in [0.1, 0.15) is 67.9 Å². The van der Waals surface area contributed by atoms with Crippen LogP contribution in [0.2, 0.25) is 0 Å². The van der Waals surface area contributed by atoms with E-state index in [2.05, 4.69) is 59.5 Å². The van der Waals surface area contributed by atoms with Gasteiger partial charge in [-0.15, -0.1) is 0 Å². The number of carbonyl (C=O) groups excluding carboxylic acids is 3. The van der Waals surface area contributed by atoms with Gasteiger partial charge in [0.1, 0.15) is 16.8 Å². The maximum absolute atomic E-state index is 13.5. The highest BCUT2D eigenvalue weighted by molar-refractivity contribution is 6.02. The standard InChI is InChI=1S/C38H54N4O6/c1-36(2,3)46-33(43)40-20-18-39(27-32-30-16-12-10-14-28(30)26-29-15-11-13-17-31(29)32)19-21-41(34(44)47-37(4,5)6)23-25-42(24-22-40)35(45)48-38(7,8)9/h10-17,26H,18-25,27H2,1-9H3. The van der Waals surface area contributed by atoms with Crippen molar-refractivity contribution in [3.8, 4) is 0 Å². The Labute approximate surface area is 285 Å². The molecule has 4 rings (SSSR count). The topological polar surface area (TPSA) is 91.9 Å². The summed E-state index contributed by atoms with van der Waals surface area (Å²) in [5.41, 5.74) is -0.871. The number of hydrogen-bond acceptors (Lipinski definition) is 7. The molecule has 1 aliphatic rings. The van der Waals surface area contributed by atoms with Crippen molar-refractivity contribution in [1.29, 1.82) is 0 Å². The van der Waals surface area contributed by atoms with Crippen LogP contribution in [0.25, 0.3) is 21.5 Å². The van der Waals surface area contributed by atoms with Gasteiger partial charge in [-0.2, -0.15) is 0 Å². The molecule has 0 atom stereocenters. The summed E-state index contributed by atoms with van der Waals surface area (Å²) < 4.78 is 17.3. The van der Waals surface area contributed by atoms with E-state index in [1.54, 1.807) is 14.7 Å². The molecule has 0 spiro atoms. The molecule has 0 bridgehead atoms. The van der Waals surface area contributed by atoms with Gasteiger partial charge in [0.15, 0.2) is 0 Å². The Morgan fingerprint density at radius 3 is 1.17 bits per heavy atom. The maximum atomic E-state index is 13.5. The van der Waals surface area contributed by atoms with Crippen LogP contribution in [0.4, 0.5) is 14.4 Å². The van der Waals surface area contributed by atoms with Gasteiger partial charge in [-0.3, -0.25) is 4.90 Å². The van der Waals surface area contributed by atoms with Gasteiger partial charge in [0.2, 0.25) is 0 Å². The largest absolute Gasteiger partial charge is 0.444 e. The third-order valence-electron chi connectivity index (χ3n) is 7.87. The van der Waals surface area contributed by atoms with Crippen LogP contribution < -0.4 is 0 Å². The van der Waals surface area contributed by atoms with Crippen LogP contribution in [0.3, 0.4) is 0 Å². The van der Waals surface area contributed by atoms with E-state index in [1.165, 1.54) is 16.3 Å². The van der Waals surface area contributed by atoms with Crippen molar-refractivity contribution in [2.75, 3.05) is 52.4 Å². The Morgan fingerprint density at radius 1 is 0.521 bits per heavy atom. The minimum atomic E-state index is -0.706. The molecule has 0 saturated carbocycles. The molecule has 0 aliphatic carbocycles. The molecule has 1 fully saturated rings. The summed E-state index contributed by atoms with van der Waals surface area (Å²) in [4.78, 5) is 47.5. The average Bonchev–Trinajstić information content (AvgIpc) is 2.95. The number of nitrogens with zero attached hydrogens (tertiary/aromatic N) is 4. The third kappa shape index (κ3) is 10.7. The molecule has 1 saturated heterocycles. The van der Waals surface area contributed by atoms with Crippen molar-refractivity contribution in [3.63, 3.8) is 0 Å². The molecule has 10 heteroatoms. The zero-order chi connectivity index (χ0) is 35.3. The SMILES string of the molecule is CC(C)(C)OC(=O)N1CCN(Cc2c3ccccc3cc3ccccc23)CCN(C(=O)OC(C)(C)C)CCN(C(=O)OC(C)(C)C)CC1. The molecule has 0 aromatic heterocycles. The normalized spacial score (nSPS) is 16.3. The third-order valence-corrected chi connectivity index (χ3v) is 7.87. The Bertz CT molecular complexity index is 1490. The highest BCUT2D eigenvalue weighted by Gasteiger charge is 2.30. The predicted molar refractivity (Wildman–Crippen MR) is 190 cm³/mol. The summed E-state index contributed by atoms with van der Waals surface area (Å²) in [5, 5.41) is 4.66. The Morgan fingerprint density at radius 2 is 0.833 bits per heavy atom. The summed E-state index contributed by atoms with van der Waals surface area (Å²) in [6.07, 6.45) is -1.37. The fraction of sp³-hybridized carbons (Fsp3) is 0.553. The zero-order valence-corrected chi connectivity index (χ0v) is 30.3. The second-order valence-corrected chi connectivity index (χ2v) is 15.5. The summed E-state index contributed by atoms with van der Waals surface area (Å²) in [6, 6.07) is 19.0. The number of rotatable bonds is 2. The van der Waals surface area contributed by atoms with E-state index in [0.717, 1.165) is 10.8 Å². The van der Waals surface area contributed by atoms with Crippen LogP contribution >= 0.6 is 0 Å². The van der Waals surface area contributed by atoms with Crippen molar-refractivity contribution in [1.82, 2.24) is 19.6 Å². The summed E-state index contributed by atoms with van der Waals surface area (Å²) in [7, 11) is 0. The Kier molecular flexibility index (Phi) is 11.5. The Balaban J connectivity index is 1.70. The van der Waals surface area contributed by atoms with Crippen LogP contribution in [-0.4, -0.2) is 107 Å². The van der Waals surface area contributed by atoms with E-state index in [4.69, 9.17) is 14.2 Å². The van der Waals surface area contributed by atoms with Crippen molar-refractivity contribution in [2.45, 2.75) is 85.7 Å². The van der Waals surface area contributed by atoms with Gasteiger partial charge in [-0.1, -0.05) is 48.5 Å². The van der Waals surface area contributed by atoms with Gasteiger partial charge in [0, 0.05) is 58.9 Å². The van der Waals surface area contributed by atoms with Gasteiger partial charge >= 0.3 is 18.3 Å². The maximum Gasteiger partial charge on any atom is 0.410 e. The van der Waals surface area contributed by atoms with Crippen molar-refractivity contribution < 1.29 is 28.6 Å². The fourth-order valence-corrected chi connectivity index (χ4v) is 5.64. The van der Waals surface area contributed by atoms with E-state index >= 15 is 0 Å². The second-order valence-electron chi connectivity index (χ2n) is 15.5. The molecule has 1 aliphatic heterocycles. The molecule has 48 heavy (non-hydrogen) atoms. The smallest absolute Gasteiger partial charge is 0.410 e. The molecule has 0 unspecified atom stereocenters. The molecule has 3 aromatic carbocycles. The predicted octanol–water partition coefficient (Wildman–Crippen LogP) is 7.52. The second kappa shape index (κ2) is 15.0. The minimum absolute atomic E-state index is 0.213. The molecular weight excluding hydrogens is 608 g/mol. The first-order valence-electron chi connectivity index (χ1n) is 16.9. The van der Waals surface area contributed by atoms with E-state index < -0.39 is 35.1 Å². The summed E-state index contributed by atoms with van der Waals surface area (Å²) in [6.45, 7) is 19.8. The van der Waals surface area contributed by atoms with Crippen LogP contribution in [0.5, 0.6) is 0 Å². The fourth-order valence-electron chi connectivity index (χ4n) is 5.64. The van der Waals surface area contributed by atoms with Crippen LogP contribution in [0, 0.1) is 0 Å². The highest BCUT2D eigenvalue weighted by atomic mass is 16.6. The number of carbonyl (C=O) groups is 3. The Hall–Kier alpha value is -4.05. The minimum Gasteiger partial charge on any atom is -0.444 e. The zero-order valence-electron chi connectivity index (χ0n) is 30.3. The lowest BCUT2D eigenvalue weighted by molar-refractivity contribution is 0.00451. The van der Waals surface area contributed by atoms with E-state index in [9.17, 15) is 14.4 Å². The molecule has 10 nitrogen and oxygen atoms in total. The van der Waals surface area contributed by atoms with Crippen molar-refractivity contribution in [2.24, 2.45) is 0 Å². The lowest BCUT2D eigenvalue weighted by Crippen LogP contribution is -2.51. The van der Waals surface area contributed by atoms with Gasteiger partial charge in [-0.25, -0.2) is 14.4 Å². The molecule has 3 amide bonds. The molecule has 0 radical (unpaired) electrons. The lowest BCUT2D eigenvalue weighted by atomic mass is 9.96. The van der Waals surface area contributed by atoms with Gasteiger partial charge in [0.25, 0.3) is 0 Å². The average molecular weight is 663 g/mol. The monoisotopic (exact) mass is 662 g/mol. The number of benzene rings is 3. The molecule has 1 heterocycles. The molecule has 3 aromatic rings. The van der Waals surface area contributed by atoms with Crippen LogP contribution in [0.15, 0.2) is 54.6 Å². The molecule has 262 valence electrons. The number of ether oxygens (including phenoxy) is 3.